The Balaban J connectivity index is 1.99. The molecule has 1 heterocycles. The summed E-state index contributed by atoms with van der Waals surface area (Å²) in [5.74, 6) is 0. The van der Waals surface area contributed by atoms with Crippen LogP contribution in [-0.4, -0.2) is 15.9 Å². The molecule has 1 aromatic carbocycles. The first-order valence-electron chi connectivity index (χ1n) is 5.95. The second-order valence-electron chi connectivity index (χ2n) is 4.31. The van der Waals surface area contributed by atoms with E-state index in [1.807, 2.05) is 0 Å². The lowest BCUT2D eigenvalue weighted by atomic mass is 10.2. The SMILES string of the molecule is Cc1nn(C)c(Cl)c1NC(=O)OCc1ccc(Cl)cc1Cl. The molecule has 0 atom stereocenters. The zero-order valence-electron chi connectivity index (χ0n) is 11.3. The van der Waals surface area contributed by atoms with Gasteiger partial charge >= 0.3 is 6.09 Å². The lowest BCUT2D eigenvalue weighted by Gasteiger charge is -2.08. The van der Waals surface area contributed by atoms with Crippen LogP contribution in [0.5, 0.6) is 0 Å². The third kappa shape index (κ3) is 3.81. The van der Waals surface area contributed by atoms with Crippen LogP contribution in [0.15, 0.2) is 18.2 Å². The third-order valence-corrected chi connectivity index (χ3v) is 3.77. The number of hydrogen-bond donors (Lipinski definition) is 1. The van der Waals surface area contributed by atoms with Crippen molar-refractivity contribution < 1.29 is 9.53 Å². The lowest BCUT2D eigenvalue weighted by Crippen LogP contribution is -2.14. The maximum absolute atomic E-state index is 11.8. The Bertz CT molecular complexity index is 686. The highest BCUT2D eigenvalue weighted by Crippen LogP contribution is 2.25. The molecule has 0 aliphatic rings. The molecule has 0 unspecified atom stereocenters. The van der Waals surface area contributed by atoms with Gasteiger partial charge in [-0.2, -0.15) is 5.10 Å². The minimum atomic E-state index is -0.640. The summed E-state index contributed by atoms with van der Waals surface area (Å²) in [7, 11) is 1.68. The van der Waals surface area contributed by atoms with E-state index in [2.05, 4.69) is 10.4 Å². The van der Waals surface area contributed by atoms with Crippen molar-refractivity contribution in [2.45, 2.75) is 13.5 Å². The minimum Gasteiger partial charge on any atom is -0.444 e. The number of aromatic nitrogens is 2. The van der Waals surface area contributed by atoms with Crippen LogP contribution < -0.4 is 5.32 Å². The quantitative estimate of drug-likeness (QED) is 0.892. The van der Waals surface area contributed by atoms with Crippen LogP contribution >= 0.6 is 34.8 Å². The Hall–Kier alpha value is -1.43. The van der Waals surface area contributed by atoms with Gasteiger partial charge in [0.05, 0.1) is 5.69 Å². The number of halogens is 3. The van der Waals surface area contributed by atoms with E-state index in [1.165, 1.54) is 4.68 Å². The van der Waals surface area contributed by atoms with Gasteiger partial charge in [-0.15, -0.1) is 0 Å². The number of ether oxygens (including phenoxy) is 1. The summed E-state index contributed by atoms with van der Waals surface area (Å²) in [6.45, 7) is 1.76. The molecule has 0 aliphatic heterocycles. The maximum Gasteiger partial charge on any atom is 0.412 e. The highest BCUT2D eigenvalue weighted by molar-refractivity contribution is 6.35. The van der Waals surface area contributed by atoms with Crippen LogP contribution in [0.4, 0.5) is 10.5 Å². The van der Waals surface area contributed by atoms with Crippen LogP contribution in [0, 0.1) is 6.92 Å². The second kappa shape index (κ2) is 6.56. The summed E-state index contributed by atoms with van der Waals surface area (Å²) in [6.07, 6.45) is -0.640. The summed E-state index contributed by atoms with van der Waals surface area (Å²) in [4.78, 5) is 11.8. The largest absolute Gasteiger partial charge is 0.444 e. The number of nitrogens with one attached hydrogen (secondary N) is 1. The van der Waals surface area contributed by atoms with Gasteiger partial charge in [-0.05, 0) is 19.1 Å². The predicted molar refractivity (Wildman–Crippen MR) is 83.2 cm³/mol. The molecule has 21 heavy (non-hydrogen) atoms. The smallest absolute Gasteiger partial charge is 0.412 e. The van der Waals surface area contributed by atoms with Crippen molar-refractivity contribution in [3.63, 3.8) is 0 Å². The van der Waals surface area contributed by atoms with Crippen molar-refractivity contribution in [2.75, 3.05) is 5.32 Å². The molecule has 112 valence electrons. The fourth-order valence-electron chi connectivity index (χ4n) is 1.69. The van der Waals surface area contributed by atoms with E-state index < -0.39 is 6.09 Å². The molecular formula is C13H12Cl3N3O2. The first-order valence-corrected chi connectivity index (χ1v) is 7.08. The van der Waals surface area contributed by atoms with Crippen LogP contribution in [0.2, 0.25) is 15.2 Å². The Morgan fingerprint density at radius 2 is 2.10 bits per heavy atom. The number of aryl methyl sites for hydroxylation is 2. The molecule has 0 saturated heterocycles. The van der Waals surface area contributed by atoms with Gasteiger partial charge in [0.15, 0.2) is 5.15 Å². The number of anilines is 1. The zero-order valence-corrected chi connectivity index (χ0v) is 13.6. The van der Waals surface area contributed by atoms with Crippen LogP contribution in [0.3, 0.4) is 0 Å². The molecule has 0 radical (unpaired) electrons. The van der Waals surface area contributed by atoms with Gasteiger partial charge < -0.3 is 4.74 Å². The maximum atomic E-state index is 11.8. The Morgan fingerprint density at radius 3 is 2.67 bits per heavy atom. The molecule has 2 aromatic rings. The van der Waals surface area contributed by atoms with Crippen molar-refractivity contribution in [2.24, 2.45) is 7.05 Å². The van der Waals surface area contributed by atoms with Crippen LogP contribution in [0.25, 0.3) is 0 Å². The molecule has 8 heteroatoms. The van der Waals surface area contributed by atoms with E-state index in [1.54, 1.807) is 32.2 Å². The van der Waals surface area contributed by atoms with Crippen LogP contribution in [-0.2, 0) is 18.4 Å². The predicted octanol–water partition coefficient (Wildman–Crippen LogP) is 4.44. The standard InChI is InChI=1S/C13H12Cl3N3O2/c1-7-11(12(16)19(2)18-7)17-13(20)21-6-8-3-4-9(14)5-10(8)15/h3-5H,6H2,1-2H3,(H,17,20). The monoisotopic (exact) mass is 347 g/mol. The highest BCUT2D eigenvalue weighted by atomic mass is 35.5. The Kier molecular flexibility index (Phi) is 4.98. The van der Waals surface area contributed by atoms with Gasteiger partial charge in [0.2, 0.25) is 0 Å². The average Bonchev–Trinajstić information content (AvgIpc) is 2.64. The van der Waals surface area contributed by atoms with E-state index in [9.17, 15) is 4.79 Å². The molecule has 1 amide bonds. The molecule has 5 nitrogen and oxygen atoms in total. The van der Waals surface area contributed by atoms with Crippen molar-refractivity contribution in [1.29, 1.82) is 0 Å². The second-order valence-corrected chi connectivity index (χ2v) is 5.51. The molecule has 0 bridgehead atoms. The molecule has 1 N–H and O–H groups in total. The summed E-state index contributed by atoms with van der Waals surface area (Å²) >= 11 is 17.8. The number of rotatable bonds is 3. The molecule has 0 fully saturated rings. The highest BCUT2D eigenvalue weighted by Gasteiger charge is 2.15. The van der Waals surface area contributed by atoms with Gasteiger partial charge in [-0.3, -0.25) is 10.00 Å². The normalized spacial score (nSPS) is 10.5. The van der Waals surface area contributed by atoms with Crippen molar-refractivity contribution in [3.8, 4) is 0 Å². The first kappa shape index (κ1) is 15.9. The van der Waals surface area contributed by atoms with Gasteiger partial charge in [0, 0.05) is 22.7 Å². The van der Waals surface area contributed by atoms with Gasteiger partial charge in [-0.25, -0.2) is 4.79 Å². The van der Waals surface area contributed by atoms with Gasteiger partial charge in [-0.1, -0.05) is 40.9 Å². The van der Waals surface area contributed by atoms with Gasteiger partial charge in [0.25, 0.3) is 0 Å². The van der Waals surface area contributed by atoms with Gasteiger partial charge in [0.1, 0.15) is 12.3 Å². The van der Waals surface area contributed by atoms with E-state index in [0.717, 1.165) is 0 Å². The summed E-state index contributed by atoms with van der Waals surface area (Å²) < 4.78 is 6.56. The average molecular weight is 349 g/mol. The minimum absolute atomic E-state index is 0.0266. The molecule has 0 spiro atoms. The Morgan fingerprint density at radius 1 is 1.38 bits per heavy atom. The number of carbonyl (C=O) groups excluding carboxylic acids is 1. The van der Waals surface area contributed by atoms with E-state index in [4.69, 9.17) is 39.5 Å². The van der Waals surface area contributed by atoms with Crippen molar-refractivity contribution in [3.05, 3.63) is 44.7 Å². The summed E-state index contributed by atoms with van der Waals surface area (Å²) in [5.41, 5.74) is 1.68. The number of hydrogen-bond acceptors (Lipinski definition) is 3. The molecular weight excluding hydrogens is 337 g/mol. The van der Waals surface area contributed by atoms with E-state index in [0.29, 0.717) is 32.1 Å². The van der Waals surface area contributed by atoms with E-state index >= 15 is 0 Å². The number of amides is 1. The summed E-state index contributed by atoms with van der Waals surface area (Å²) in [6, 6.07) is 4.95. The molecule has 2 rings (SSSR count). The molecule has 0 aliphatic carbocycles. The first-order chi connectivity index (χ1) is 9.88. The van der Waals surface area contributed by atoms with Crippen molar-refractivity contribution >= 4 is 46.6 Å². The third-order valence-electron chi connectivity index (χ3n) is 2.75. The Labute approximate surface area is 136 Å². The lowest BCUT2D eigenvalue weighted by molar-refractivity contribution is 0.155. The molecule has 0 saturated carbocycles. The van der Waals surface area contributed by atoms with E-state index in [-0.39, 0.29) is 6.61 Å². The number of nitrogens with zero attached hydrogens (tertiary/aromatic N) is 2. The number of benzene rings is 1. The topological polar surface area (TPSA) is 56.2 Å². The molecule has 1 aromatic heterocycles. The summed E-state index contributed by atoms with van der Waals surface area (Å²) in [5, 5.41) is 7.92. The fourth-order valence-corrected chi connectivity index (χ4v) is 2.38. The zero-order chi connectivity index (χ0) is 15.6. The van der Waals surface area contributed by atoms with Crippen molar-refractivity contribution in [1.82, 2.24) is 9.78 Å². The fraction of sp³-hybridized carbons (Fsp3) is 0.231. The van der Waals surface area contributed by atoms with Crippen LogP contribution in [0.1, 0.15) is 11.3 Å². The number of carbonyl (C=O) groups is 1.